The molecule has 1 fully saturated rings. The van der Waals surface area contributed by atoms with Crippen LogP contribution in [0.1, 0.15) is 30.4 Å². The zero-order chi connectivity index (χ0) is 18.9. The summed E-state index contributed by atoms with van der Waals surface area (Å²) in [5.41, 5.74) is 2.34. The number of hydrogen-bond acceptors (Lipinski definition) is 3. The van der Waals surface area contributed by atoms with E-state index in [1.165, 1.54) is 12.0 Å². The normalized spacial score (nSPS) is 17.0. The van der Waals surface area contributed by atoms with Crippen LogP contribution in [0.4, 0.5) is 0 Å². The molecule has 1 aromatic carbocycles. The van der Waals surface area contributed by atoms with Crippen LogP contribution >= 0.6 is 39.9 Å². The Morgan fingerprint density at radius 2 is 2.11 bits per heavy atom. The highest BCUT2D eigenvalue weighted by Gasteiger charge is 2.14. The number of carbonyl (C=O) groups is 1. The van der Waals surface area contributed by atoms with E-state index in [9.17, 15) is 4.79 Å². The lowest BCUT2D eigenvalue weighted by Crippen LogP contribution is -2.45. The number of likely N-dealkylation sites (N-methyl/N-ethyl adjacent to an activating group) is 1. The van der Waals surface area contributed by atoms with Gasteiger partial charge in [0.25, 0.3) is 0 Å². The summed E-state index contributed by atoms with van der Waals surface area (Å²) in [5.74, 6) is 0.643. The van der Waals surface area contributed by atoms with E-state index < -0.39 is 0 Å². The quantitative estimate of drug-likeness (QED) is 0.323. The van der Waals surface area contributed by atoms with E-state index in [-0.39, 0.29) is 42.5 Å². The van der Waals surface area contributed by atoms with Crippen LogP contribution in [0.3, 0.4) is 0 Å². The zero-order valence-corrected chi connectivity index (χ0v) is 20.2. The van der Waals surface area contributed by atoms with Crippen molar-refractivity contribution in [1.82, 2.24) is 15.5 Å². The molecular formula is C19H30BrIN4O2. The third kappa shape index (κ3) is 8.78. The van der Waals surface area contributed by atoms with Gasteiger partial charge in [0.15, 0.2) is 5.96 Å². The highest BCUT2D eigenvalue weighted by Crippen LogP contribution is 2.16. The molecule has 1 atom stereocenters. The molecule has 0 saturated carbocycles. The number of aliphatic imine (C=N–C) groups is 1. The topological polar surface area (TPSA) is 66.0 Å². The van der Waals surface area contributed by atoms with Gasteiger partial charge in [-0.15, -0.1) is 24.0 Å². The van der Waals surface area contributed by atoms with E-state index in [0.717, 1.165) is 29.5 Å². The summed E-state index contributed by atoms with van der Waals surface area (Å²) in [6.45, 7) is 4.35. The van der Waals surface area contributed by atoms with Crippen molar-refractivity contribution in [3.05, 3.63) is 33.8 Å². The minimum absolute atomic E-state index is 0. The maximum atomic E-state index is 11.9. The minimum Gasteiger partial charge on any atom is -0.376 e. The summed E-state index contributed by atoms with van der Waals surface area (Å²) in [6.07, 6.45) is 3.59. The molecule has 27 heavy (non-hydrogen) atoms. The van der Waals surface area contributed by atoms with Gasteiger partial charge in [0.1, 0.15) is 0 Å². The van der Waals surface area contributed by atoms with Crippen molar-refractivity contribution in [1.29, 1.82) is 0 Å². The van der Waals surface area contributed by atoms with Crippen LogP contribution in [0.5, 0.6) is 0 Å². The molecule has 1 unspecified atom stereocenters. The largest absolute Gasteiger partial charge is 0.376 e. The van der Waals surface area contributed by atoms with Gasteiger partial charge in [0, 0.05) is 31.7 Å². The van der Waals surface area contributed by atoms with Crippen molar-refractivity contribution in [3.63, 3.8) is 0 Å². The lowest BCUT2D eigenvalue weighted by atomic mass is 10.1. The molecule has 1 heterocycles. The Labute approximate surface area is 187 Å². The van der Waals surface area contributed by atoms with Gasteiger partial charge >= 0.3 is 0 Å². The standard InChI is InChI=1S/C19H29BrN4O2.HI/c1-14-10-16(20)8-7-15(14)11-21-19(23-13-18(25)24(2)3)22-12-17-6-4-5-9-26-17;/h7-8,10,17H,4-6,9,11-13H2,1-3H3,(H2,21,22,23);1H. The average Bonchev–Trinajstić information content (AvgIpc) is 2.62. The lowest BCUT2D eigenvalue weighted by molar-refractivity contribution is -0.127. The average molecular weight is 553 g/mol. The monoisotopic (exact) mass is 552 g/mol. The molecule has 2 rings (SSSR count). The molecule has 8 heteroatoms. The van der Waals surface area contributed by atoms with E-state index in [4.69, 9.17) is 4.74 Å². The predicted octanol–water partition coefficient (Wildman–Crippen LogP) is 3.07. The fraction of sp³-hybridized carbons (Fsp3) is 0.579. The number of ether oxygens (including phenoxy) is 1. The van der Waals surface area contributed by atoms with Crippen molar-refractivity contribution in [2.24, 2.45) is 4.99 Å². The van der Waals surface area contributed by atoms with E-state index in [0.29, 0.717) is 19.0 Å². The van der Waals surface area contributed by atoms with E-state index in [1.807, 2.05) is 6.07 Å². The molecule has 152 valence electrons. The number of rotatable bonds is 6. The third-order valence-electron chi connectivity index (χ3n) is 4.39. The number of nitrogens with one attached hydrogen (secondary N) is 2. The van der Waals surface area contributed by atoms with E-state index in [1.54, 1.807) is 19.0 Å². The zero-order valence-electron chi connectivity index (χ0n) is 16.3. The van der Waals surface area contributed by atoms with Crippen LogP contribution in [0.15, 0.2) is 27.7 Å². The third-order valence-corrected chi connectivity index (χ3v) is 4.88. The lowest BCUT2D eigenvalue weighted by Gasteiger charge is -2.24. The molecule has 1 aliphatic rings. The SMILES string of the molecule is Cc1cc(Br)ccc1CN=C(NCC(=O)N(C)C)NCC1CCCCO1.I. The molecule has 2 N–H and O–H groups in total. The summed E-state index contributed by atoms with van der Waals surface area (Å²) >= 11 is 3.48. The van der Waals surface area contributed by atoms with Gasteiger partial charge in [-0.2, -0.15) is 0 Å². The van der Waals surface area contributed by atoms with Crippen molar-refractivity contribution in [2.75, 3.05) is 33.8 Å². The molecular weight excluding hydrogens is 523 g/mol. The second-order valence-corrected chi connectivity index (χ2v) is 7.66. The van der Waals surface area contributed by atoms with Crippen LogP contribution in [0.25, 0.3) is 0 Å². The van der Waals surface area contributed by atoms with Gasteiger partial charge in [-0.25, -0.2) is 4.99 Å². The molecule has 0 aromatic heterocycles. The van der Waals surface area contributed by atoms with Gasteiger partial charge in [-0.1, -0.05) is 22.0 Å². The molecule has 0 bridgehead atoms. The van der Waals surface area contributed by atoms with Gasteiger partial charge in [0.05, 0.1) is 19.2 Å². The predicted molar refractivity (Wildman–Crippen MR) is 124 cm³/mol. The first-order valence-corrected chi connectivity index (χ1v) is 9.84. The second-order valence-electron chi connectivity index (χ2n) is 6.75. The molecule has 0 radical (unpaired) electrons. The fourth-order valence-corrected chi connectivity index (χ4v) is 3.15. The number of guanidine groups is 1. The number of benzene rings is 1. The number of amides is 1. The maximum absolute atomic E-state index is 11.9. The molecule has 1 aliphatic heterocycles. The first-order chi connectivity index (χ1) is 12.5. The smallest absolute Gasteiger partial charge is 0.241 e. The van der Waals surface area contributed by atoms with Crippen LogP contribution in [0, 0.1) is 6.92 Å². The second kappa shape index (κ2) is 12.6. The summed E-state index contributed by atoms with van der Waals surface area (Å²) in [5, 5.41) is 6.44. The van der Waals surface area contributed by atoms with E-state index >= 15 is 0 Å². The number of nitrogens with zero attached hydrogens (tertiary/aromatic N) is 2. The van der Waals surface area contributed by atoms with Crippen molar-refractivity contribution in [3.8, 4) is 0 Å². The van der Waals surface area contributed by atoms with Crippen molar-refractivity contribution >= 4 is 51.8 Å². The molecule has 1 aromatic rings. The minimum atomic E-state index is 0. The summed E-state index contributed by atoms with van der Waals surface area (Å²) < 4.78 is 6.82. The number of carbonyl (C=O) groups excluding carboxylic acids is 1. The summed E-state index contributed by atoms with van der Waals surface area (Å²) in [4.78, 5) is 18.1. The van der Waals surface area contributed by atoms with Gasteiger partial charge < -0.3 is 20.3 Å². The van der Waals surface area contributed by atoms with Crippen LogP contribution in [0.2, 0.25) is 0 Å². The van der Waals surface area contributed by atoms with Gasteiger partial charge in [-0.3, -0.25) is 4.79 Å². The van der Waals surface area contributed by atoms with E-state index in [2.05, 4.69) is 50.6 Å². The van der Waals surface area contributed by atoms with Crippen molar-refractivity contribution in [2.45, 2.75) is 38.8 Å². The first-order valence-electron chi connectivity index (χ1n) is 9.04. The summed E-state index contributed by atoms with van der Waals surface area (Å²) in [7, 11) is 3.49. The van der Waals surface area contributed by atoms with Crippen LogP contribution < -0.4 is 10.6 Å². The van der Waals surface area contributed by atoms with Gasteiger partial charge in [-0.05, 0) is 49.4 Å². The highest BCUT2D eigenvalue weighted by atomic mass is 127. The Balaban J connectivity index is 0.00000364. The highest BCUT2D eigenvalue weighted by molar-refractivity contribution is 14.0. The number of halogens is 2. The Bertz CT molecular complexity index is 634. The number of hydrogen-bond donors (Lipinski definition) is 2. The Kier molecular flexibility index (Phi) is 11.2. The summed E-state index contributed by atoms with van der Waals surface area (Å²) in [6, 6.07) is 6.16. The fourth-order valence-electron chi connectivity index (χ4n) is 2.67. The Morgan fingerprint density at radius 3 is 2.74 bits per heavy atom. The maximum Gasteiger partial charge on any atom is 0.241 e. The first kappa shape index (κ1) is 24.2. The van der Waals surface area contributed by atoms with Crippen LogP contribution in [-0.2, 0) is 16.1 Å². The van der Waals surface area contributed by atoms with Crippen LogP contribution in [-0.4, -0.2) is 56.7 Å². The molecule has 1 saturated heterocycles. The van der Waals surface area contributed by atoms with Gasteiger partial charge in [0.2, 0.25) is 5.91 Å². The Hall–Kier alpha value is -0.870. The Morgan fingerprint density at radius 1 is 1.33 bits per heavy atom. The molecule has 0 aliphatic carbocycles. The molecule has 0 spiro atoms. The van der Waals surface area contributed by atoms with Crippen molar-refractivity contribution < 1.29 is 9.53 Å². The molecule has 6 nitrogen and oxygen atoms in total. The number of aryl methyl sites for hydroxylation is 1. The molecule has 1 amide bonds.